The van der Waals surface area contributed by atoms with Gasteiger partial charge in [-0.25, -0.2) is 0 Å². The molecule has 1 aromatic heterocycles. The molecule has 13 heavy (non-hydrogen) atoms. The number of Topliss-reactive ketones (excluding diaryl/α,β-unsaturated/α-hetero) is 1. The van der Waals surface area contributed by atoms with Crippen LogP contribution >= 0.6 is 15.9 Å². The molecule has 0 saturated heterocycles. The molecule has 2 nitrogen and oxygen atoms in total. The Hall–Kier alpha value is -1.01. The normalized spacial score (nSPS) is 20.9. The van der Waals surface area contributed by atoms with E-state index in [1.54, 1.807) is 6.07 Å². The number of aryl methyl sites for hydroxylation is 1. The van der Waals surface area contributed by atoms with Crippen LogP contribution in [0.1, 0.15) is 28.2 Å². The number of H-pyrrole nitrogens is 1. The van der Waals surface area contributed by atoms with E-state index in [1.165, 1.54) is 0 Å². The first-order chi connectivity index (χ1) is 6.22. The number of halogens is 1. The molecule has 2 rings (SSSR count). The van der Waals surface area contributed by atoms with Gasteiger partial charge >= 0.3 is 0 Å². The second-order valence-electron chi connectivity index (χ2n) is 3.09. The Balaban J connectivity index is 2.49. The van der Waals surface area contributed by atoms with Crippen LogP contribution in [-0.4, -0.2) is 15.6 Å². The summed E-state index contributed by atoms with van der Waals surface area (Å²) in [6.07, 6.45) is 6.97. The summed E-state index contributed by atoms with van der Waals surface area (Å²) in [5.74, 6) is 2.63. The Labute approximate surface area is 84.9 Å². The van der Waals surface area contributed by atoms with Crippen molar-refractivity contribution in [2.45, 2.75) is 17.7 Å². The van der Waals surface area contributed by atoms with Gasteiger partial charge in [-0.2, -0.15) is 0 Å². The maximum Gasteiger partial charge on any atom is 0.178 e. The lowest BCUT2D eigenvalue weighted by Crippen LogP contribution is -2.21. The minimum absolute atomic E-state index is 0.0403. The summed E-state index contributed by atoms with van der Waals surface area (Å²) in [5, 5.41) is 0. The molecule has 3 heteroatoms. The molecule has 0 aliphatic heterocycles. The van der Waals surface area contributed by atoms with E-state index < -0.39 is 0 Å². The van der Waals surface area contributed by atoms with E-state index in [2.05, 4.69) is 26.8 Å². The van der Waals surface area contributed by atoms with Crippen molar-refractivity contribution in [2.75, 3.05) is 0 Å². The van der Waals surface area contributed by atoms with Crippen molar-refractivity contribution in [3.8, 4) is 12.3 Å². The highest BCUT2D eigenvalue weighted by atomic mass is 79.9. The number of rotatable bonds is 0. The third-order valence-electron chi connectivity index (χ3n) is 2.25. The fourth-order valence-electron chi connectivity index (χ4n) is 1.56. The lowest BCUT2D eigenvalue weighted by atomic mass is 9.97. The molecule has 1 atom stereocenters. The van der Waals surface area contributed by atoms with Crippen molar-refractivity contribution >= 4 is 21.7 Å². The van der Waals surface area contributed by atoms with Crippen molar-refractivity contribution in [3.05, 3.63) is 23.0 Å². The van der Waals surface area contributed by atoms with Gasteiger partial charge in [-0.3, -0.25) is 4.79 Å². The third-order valence-corrected chi connectivity index (χ3v) is 3.13. The Morgan fingerprint density at radius 1 is 1.69 bits per heavy atom. The Kier molecular flexibility index (Phi) is 2.01. The zero-order valence-corrected chi connectivity index (χ0v) is 8.52. The Morgan fingerprint density at radius 3 is 3.15 bits per heavy atom. The highest BCUT2D eigenvalue weighted by molar-refractivity contribution is 9.10. The van der Waals surface area contributed by atoms with Crippen LogP contribution < -0.4 is 0 Å². The van der Waals surface area contributed by atoms with E-state index in [1.807, 2.05) is 0 Å². The number of carbonyl (C=O) groups is 1. The van der Waals surface area contributed by atoms with E-state index >= 15 is 0 Å². The maximum absolute atomic E-state index is 11.6. The highest BCUT2D eigenvalue weighted by Crippen LogP contribution is 2.25. The molecule has 1 aromatic rings. The van der Waals surface area contributed by atoms with E-state index in [-0.39, 0.29) is 10.6 Å². The molecular formula is C10H8BrNO. The molecule has 0 spiro atoms. The summed E-state index contributed by atoms with van der Waals surface area (Å²) in [6, 6.07) is 1.76. The molecule has 0 radical (unpaired) electrons. The van der Waals surface area contributed by atoms with Crippen LogP contribution in [0.15, 0.2) is 6.07 Å². The van der Waals surface area contributed by atoms with Crippen molar-refractivity contribution < 1.29 is 4.79 Å². The minimum Gasteiger partial charge on any atom is -0.351 e. The molecule has 1 aliphatic rings. The number of hydrogen-bond acceptors (Lipinski definition) is 1. The van der Waals surface area contributed by atoms with Crippen molar-refractivity contribution in [2.24, 2.45) is 0 Å². The predicted octanol–water partition coefficient (Wildman–Crippen LogP) is 1.89. The number of carbonyl (C=O) groups excluding carboxylic acids is 1. The molecule has 0 aromatic carbocycles. The summed E-state index contributed by atoms with van der Waals surface area (Å²) < 4.78 is 0. The van der Waals surface area contributed by atoms with Crippen LogP contribution in [0.3, 0.4) is 0 Å². The zero-order valence-electron chi connectivity index (χ0n) is 6.93. The van der Waals surface area contributed by atoms with Crippen LogP contribution in [0.2, 0.25) is 0 Å². The zero-order chi connectivity index (χ0) is 9.42. The number of alkyl halides is 1. The Bertz CT molecular complexity index is 400. The van der Waals surface area contributed by atoms with E-state index in [0.717, 1.165) is 24.1 Å². The number of terminal acetylenes is 1. The molecule has 1 heterocycles. The van der Waals surface area contributed by atoms with Gasteiger partial charge in [0.15, 0.2) is 5.78 Å². The molecule has 66 valence electrons. The van der Waals surface area contributed by atoms with Gasteiger partial charge in [0.25, 0.3) is 0 Å². The first kappa shape index (κ1) is 8.58. The highest BCUT2D eigenvalue weighted by Gasteiger charge is 2.26. The van der Waals surface area contributed by atoms with Crippen molar-refractivity contribution in [1.82, 2.24) is 4.98 Å². The van der Waals surface area contributed by atoms with Gasteiger partial charge in [0.1, 0.15) is 0 Å². The molecule has 1 N–H and O–H groups in total. The van der Waals surface area contributed by atoms with Gasteiger partial charge in [-0.1, -0.05) is 21.9 Å². The summed E-state index contributed by atoms with van der Waals surface area (Å²) in [5.41, 5.74) is 2.43. The fraction of sp³-hybridized carbons (Fsp3) is 0.300. The number of aromatic nitrogens is 1. The van der Waals surface area contributed by atoms with E-state index in [4.69, 9.17) is 6.42 Å². The van der Waals surface area contributed by atoms with Gasteiger partial charge in [0.2, 0.25) is 0 Å². The van der Waals surface area contributed by atoms with Crippen LogP contribution in [0.5, 0.6) is 0 Å². The summed E-state index contributed by atoms with van der Waals surface area (Å²) in [6.45, 7) is 0. The fourth-order valence-corrected chi connectivity index (χ4v) is 2.04. The average molecular weight is 238 g/mol. The minimum atomic E-state index is -0.0403. The van der Waals surface area contributed by atoms with Gasteiger partial charge < -0.3 is 4.98 Å². The number of nitrogens with one attached hydrogen (secondary N) is 1. The standard InChI is InChI=1S/C10H8BrNO/c1-2-6-5-7-9(12-6)4-3-8(11)10(7)13/h1,5,8,12H,3-4H2. The molecule has 0 fully saturated rings. The average Bonchev–Trinajstić information content (AvgIpc) is 2.55. The number of hydrogen-bond donors (Lipinski definition) is 1. The molecule has 0 saturated carbocycles. The summed E-state index contributed by atoms with van der Waals surface area (Å²) in [4.78, 5) is 14.6. The molecule has 0 bridgehead atoms. The van der Waals surface area contributed by atoms with Crippen LogP contribution in [0, 0.1) is 12.3 Å². The quantitative estimate of drug-likeness (QED) is 0.543. The van der Waals surface area contributed by atoms with E-state index in [0.29, 0.717) is 5.69 Å². The largest absolute Gasteiger partial charge is 0.351 e. The van der Waals surface area contributed by atoms with Gasteiger partial charge in [-0.05, 0) is 18.9 Å². The number of ketones is 1. The van der Waals surface area contributed by atoms with Crippen LogP contribution in [0.4, 0.5) is 0 Å². The Morgan fingerprint density at radius 2 is 2.46 bits per heavy atom. The predicted molar refractivity (Wildman–Crippen MR) is 54.1 cm³/mol. The molecule has 1 unspecified atom stereocenters. The van der Waals surface area contributed by atoms with Crippen LogP contribution in [-0.2, 0) is 6.42 Å². The maximum atomic E-state index is 11.6. The van der Waals surface area contributed by atoms with Gasteiger partial charge in [0.05, 0.1) is 10.5 Å². The monoisotopic (exact) mass is 237 g/mol. The number of aromatic amines is 1. The lowest BCUT2D eigenvalue weighted by molar-refractivity contribution is 0.0981. The lowest BCUT2D eigenvalue weighted by Gasteiger charge is -2.14. The van der Waals surface area contributed by atoms with Crippen molar-refractivity contribution in [1.29, 1.82) is 0 Å². The third kappa shape index (κ3) is 1.31. The molecule has 0 amide bonds. The number of fused-ring (bicyclic) bond motifs is 1. The van der Waals surface area contributed by atoms with Crippen LogP contribution in [0.25, 0.3) is 0 Å². The van der Waals surface area contributed by atoms with Crippen molar-refractivity contribution in [3.63, 3.8) is 0 Å². The summed E-state index contributed by atoms with van der Waals surface area (Å²) >= 11 is 3.34. The second kappa shape index (κ2) is 3.04. The topological polar surface area (TPSA) is 32.9 Å². The second-order valence-corrected chi connectivity index (χ2v) is 4.20. The van der Waals surface area contributed by atoms with Gasteiger partial charge in [0, 0.05) is 11.3 Å². The van der Waals surface area contributed by atoms with Gasteiger partial charge in [-0.15, -0.1) is 6.42 Å². The first-order valence-electron chi connectivity index (χ1n) is 4.09. The molecular weight excluding hydrogens is 230 g/mol. The first-order valence-corrected chi connectivity index (χ1v) is 5.00. The SMILES string of the molecule is C#Cc1cc2c([nH]1)CCC(Br)C2=O. The molecule has 1 aliphatic carbocycles. The van der Waals surface area contributed by atoms with E-state index in [9.17, 15) is 4.79 Å². The summed E-state index contributed by atoms with van der Waals surface area (Å²) in [7, 11) is 0. The smallest absolute Gasteiger partial charge is 0.178 e.